The molecule has 0 radical (unpaired) electrons. The molecule has 28 heavy (non-hydrogen) atoms. The molecule has 0 aromatic heterocycles. The summed E-state index contributed by atoms with van der Waals surface area (Å²) in [4.78, 5) is 0. The van der Waals surface area contributed by atoms with E-state index in [0.717, 1.165) is 20.3 Å². The summed E-state index contributed by atoms with van der Waals surface area (Å²) in [6.07, 6.45) is -0.227. The van der Waals surface area contributed by atoms with Gasteiger partial charge in [-0.3, -0.25) is 5.32 Å². The number of halogens is 2. The van der Waals surface area contributed by atoms with Gasteiger partial charge in [-0.1, -0.05) is 86.5 Å². The SMILES string of the molecule is Brc1cccc(C2NC(c3cccc(Br)c3)c3c(ccc4ccccc34)O2)c1. The Morgan fingerprint density at radius 3 is 2.21 bits per heavy atom. The minimum Gasteiger partial charge on any atom is -0.471 e. The van der Waals surface area contributed by atoms with E-state index in [1.54, 1.807) is 0 Å². The summed E-state index contributed by atoms with van der Waals surface area (Å²) in [5.74, 6) is 0.924. The van der Waals surface area contributed by atoms with E-state index in [1.807, 2.05) is 12.1 Å². The first-order valence-electron chi connectivity index (χ1n) is 9.14. The van der Waals surface area contributed by atoms with Crippen LogP contribution in [0.3, 0.4) is 0 Å². The lowest BCUT2D eigenvalue weighted by atomic mass is 9.91. The van der Waals surface area contributed by atoms with Crippen LogP contribution in [0.1, 0.15) is 29.0 Å². The Morgan fingerprint density at radius 2 is 1.43 bits per heavy atom. The van der Waals surface area contributed by atoms with E-state index in [0.29, 0.717) is 0 Å². The van der Waals surface area contributed by atoms with Gasteiger partial charge in [-0.2, -0.15) is 0 Å². The van der Waals surface area contributed by atoms with Crippen LogP contribution in [-0.4, -0.2) is 0 Å². The Bertz CT molecular complexity index is 1170. The van der Waals surface area contributed by atoms with Gasteiger partial charge in [0.25, 0.3) is 0 Å². The third kappa shape index (κ3) is 3.26. The molecule has 0 saturated heterocycles. The fraction of sp³-hybridized carbons (Fsp3) is 0.0833. The van der Waals surface area contributed by atoms with Gasteiger partial charge in [0.15, 0.2) is 6.23 Å². The normalized spacial score (nSPS) is 18.5. The molecule has 0 spiro atoms. The number of ether oxygens (including phenoxy) is 1. The van der Waals surface area contributed by atoms with E-state index in [2.05, 4.69) is 110 Å². The van der Waals surface area contributed by atoms with Crippen LogP contribution in [-0.2, 0) is 0 Å². The molecule has 1 aliphatic heterocycles. The molecule has 1 heterocycles. The molecule has 1 N–H and O–H groups in total. The highest BCUT2D eigenvalue weighted by Crippen LogP contribution is 2.43. The van der Waals surface area contributed by atoms with Gasteiger partial charge in [-0.05, 0) is 46.7 Å². The predicted octanol–water partition coefficient (Wildman–Crippen LogP) is 7.14. The lowest BCUT2D eigenvalue weighted by Crippen LogP contribution is -2.35. The fourth-order valence-electron chi connectivity index (χ4n) is 3.85. The highest BCUT2D eigenvalue weighted by atomic mass is 79.9. The average molecular weight is 495 g/mol. The second kappa shape index (κ2) is 7.36. The van der Waals surface area contributed by atoms with Gasteiger partial charge in [-0.25, -0.2) is 0 Å². The number of rotatable bonds is 2. The molecule has 1 aliphatic rings. The highest BCUT2D eigenvalue weighted by molar-refractivity contribution is 9.10. The Labute approximate surface area is 180 Å². The van der Waals surface area contributed by atoms with Crippen LogP contribution in [0, 0.1) is 0 Å². The molecular formula is C24H17Br2NO. The molecule has 4 aromatic rings. The van der Waals surface area contributed by atoms with E-state index in [4.69, 9.17) is 4.74 Å². The maximum absolute atomic E-state index is 6.42. The minimum absolute atomic E-state index is 0.0244. The summed E-state index contributed by atoms with van der Waals surface area (Å²) < 4.78 is 8.53. The van der Waals surface area contributed by atoms with Crippen molar-refractivity contribution in [1.29, 1.82) is 0 Å². The fourth-order valence-corrected chi connectivity index (χ4v) is 4.69. The summed E-state index contributed by atoms with van der Waals surface area (Å²) in [5, 5.41) is 6.15. The van der Waals surface area contributed by atoms with E-state index in [9.17, 15) is 0 Å². The molecule has 0 amide bonds. The number of benzene rings is 4. The summed E-state index contributed by atoms with van der Waals surface area (Å²) in [6.45, 7) is 0. The Balaban J connectivity index is 1.70. The van der Waals surface area contributed by atoms with E-state index in [1.165, 1.54) is 21.9 Å². The molecule has 0 fully saturated rings. The molecule has 0 saturated carbocycles. The molecule has 4 heteroatoms. The lowest BCUT2D eigenvalue weighted by Gasteiger charge is -2.35. The topological polar surface area (TPSA) is 21.3 Å². The largest absolute Gasteiger partial charge is 0.471 e. The van der Waals surface area contributed by atoms with Crippen LogP contribution in [0.5, 0.6) is 5.75 Å². The second-order valence-electron chi connectivity index (χ2n) is 6.91. The predicted molar refractivity (Wildman–Crippen MR) is 121 cm³/mol. The van der Waals surface area contributed by atoms with Crippen molar-refractivity contribution < 1.29 is 4.74 Å². The van der Waals surface area contributed by atoms with Crippen molar-refractivity contribution in [2.45, 2.75) is 12.3 Å². The van der Waals surface area contributed by atoms with Gasteiger partial charge < -0.3 is 4.74 Å². The number of hydrogen-bond donors (Lipinski definition) is 1. The zero-order chi connectivity index (χ0) is 19.1. The molecule has 138 valence electrons. The van der Waals surface area contributed by atoms with Crippen LogP contribution < -0.4 is 10.1 Å². The van der Waals surface area contributed by atoms with E-state index < -0.39 is 0 Å². The zero-order valence-corrected chi connectivity index (χ0v) is 18.1. The quantitative estimate of drug-likeness (QED) is 0.320. The second-order valence-corrected chi connectivity index (χ2v) is 8.74. The number of fused-ring (bicyclic) bond motifs is 3. The van der Waals surface area contributed by atoms with Gasteiger partial charge in [-0.15, -0.1) is 0 Å². The maximum atomic E-state index is 6.42. The standard InChI is InChI=1S/C24H17Br2NO/c25-18-8-3-6-16(13-18)23-22-20-10-2-1-5-15(20)11-12-21(22)28-24(27-23)17-7-4-9-19(26)14-17/h1-14,23-24,27H. The van der Waals surface area contributed by atoms with Crippen LogP contribution in [0.2, 0.25) is 0 Å². The molecule has 0 aliphatic carbocycles. The van der Waals surface area contributed by atoms with E-state index >= 15 is 0 Å². The van der Waals surface area contributed by atoms with Gasteiger partial charge >= 0.3 is 0 Å². The minimum atomic E-state index is -0.227. The smallest absolute Gasteiger partial charge is 0.177 e. The third-order valence-electron chi connectivity index (χ3n) is 5.12. The average Bonchev–Trinajstić information content (AvgIpc) is 2.73. The highest BCUT2D eigenvalue weighted by Gasteiger charge is 2.31. The van der Waals surface area contributed by atoms with Crippen LogP contribution in [0.25, 0.3) is 10.8 Å². The van der Waals surface area contributed by atoms with Gasteiger partial charge in [0.05, 0.1) is 6.04 Å². The molecule has 2 nitrogen and oxygen atoms in total. The van der Waals surface area contributed by atoms with Gasteiger partial charge in [0.2, 0.25) is 0 Å². The Kier molecular flexibility index (Phi) is 4.71. The number of nitrogens with one attached hydrogen (secondary N) is 1. The first kappa shape index (κ1) is 17.9. The zero-order valence-electron chi connectivity index (χ0n) is 14.9. The summed E-state index contributed by atoms with van der Waals surface area (Å²) >= 11 is 7.20. The first-order chi connectivity index (χ1) is 13.7. The molecule has 4 aromatic carbocycles. The van der Waals surface area contributed by atoms with Crippen LogP contribution in [0.4, 0.5) is 0 Å². The molecule has 2 unspecified atom stereocenters. The monoisotopic (exact) mass is 493 g/mol. The van der Waals surface area contributed by atoms with Crippen molar-refractivity contribution in [1.82, 2.24) is 5.32 Å². The van der Waals surface area contributed by atoms with Crippen molar-refractivity contribution in [3.8, 4) is 5.75 Å². The molecular weight excluding hydrogens is 478 g/mol. The van der Waals surface area contributed by atoms with Gasteiger partial charge in [0, 0.05) is 20.1 Å². The van der Waals surface area contributed by atoms with Crippen molar-refractivity contribution in [2.24, 2.45) is 0 Å². The number of hydrogen-bond acceptors (Lipinski definition) is 2. The lowest BCUT2D eigenvalue weighted by molar-refractivity contribution is 0.133. The van der Waals surface area contributed by atoms with Crippen LogP contribution in [0.15, 0.2) is 93.9 Å². The summed E-state index contributed by atoms with van der Waals surface area (Å²) in [7, 11) is 0. The van der Waals surface area contributed by atoms with Crippen molar-refractivity contribution in [2.75, 3.05) is 0 Å². The van der Waals surface area contributed by atoms with Crippen molar-refractivity contribution >= 4 is 42.6 Å². The van der Waals surface area contributed by atoms with E-state index in [-0.39, 0.29) is 12.3 Å². The third-order valence-corrected chi connectivity index (χ3v) is 6.10. The Hall–Kier alpha value is -2.14. The summed E-state index contributed by atoms with van der Waals surface area (Å²) in [5.41, 5.74) is 3.48. The summed E-state index contributed by atoms with van der Waals surface area (Å²) in [6, 6.07) is 29.4. The molecule has 5 rings (SSSR count). The molecule has 2 atom stereocenters. The van der Waals surface area contributed by atoms with Crippen LogP contribution >= 0.6 is 31.9 Å². The first-order valence-corrected chi connectivity index (χ1v) is 10.7. The van der Waals surface area contributed by atoms with Crippen molar-refractivity contribution in [3.63, 3.8) is 0 Å². The Morgan fingerprint density at radius 1 is 0.714 bits per heavy atom. The van der Waals surface area contributed by atoms with Crippen molar-refractivity contribution in [3.05, 3.63) is 111 Å². The molecule has 0 bridgehead atoms. The maximum Gasteiger partial charge on any atom is 0.177 e. The van der Waals surface area contributed by atoms with Gasteiger partial charge in [0.1, 0.15) is 5.75 Å².